The zero-order valence-electron chi connectivity index (χ0n) is 9.03. The van der Waals surface area contributed by atoms with Crippen LogP contribution in [0.25, 0.3) is 0 Å². The van der Waals surface area contributed by atoms with Gasteiger partial charge in [0.05, 0.1) is 10.7 Å². The van der Waals surface area contributed by atoms with Crippen molar-refractivity contribution in [3.8, 4) is 0 Å². The Morgan fingerprint density at radius 3 is 2.65 bits per heavy atom. The van der Waals surface area contributed by atoms with Crippen LogP contribution in [0.1, 0.15) is 19.3 Å². The summed E-state index contributed by atoms with van der Waals surface area (Å²) in [5.74, 6) is -1.43. The van der Waals surface area contributed by atoms with Gasteiger partial charge in [0, 0.05) is 18.1 Å². The van der Waals surface area contributed by atoms with Crippen molar-refractivity contribution in [2.24, 2.45) is 0 Å². The third-order valence-corrected chi connectivity index (χ3v) is 2.40. The Hall–Kier alpha value is -1.75. The highest BCUT2D eigenvalue weighted by atomic mass is 35.5. The maximum Gasteiger partial charge on any atom is 0.224 e. The molecule has 0 aliphatic carbocycles. The molecule has 0 bridgehead atoms. The van der Waals surface area contributed by atoms with E-state index in [1.807, 2.05) is 0 Å². The van der Waals surface area contributed by atoms with Gasteiger partial charge in [0.25, 0.3) is 0 Å². The number of anilines is 2. The summed E-state index contributed by atoms with van der Waals surface area (Å²) < 4.78 is 0. The van der Waals surface area contributed by atoms with Crippen LogP contribution in [-0.4, -0.2) is 11.9 Å². The molecule has 0 atom stereocenters. The third kappa shape index (κ3) is 4.74. The summed E-state index contributed by atoms with van der Waals surface area (Å²) in [7, 11) is 0. The topological polar surface area (TPSA) is 95.2 Å². The van der Waals surface area contributed by atoms with E-state index in [-0.39, 0.29) is 25.2 Å². The zero-order chi connectivity index (χ0) is 12.8. The van der Waals surface area contributed by atoms with Crippen LogP contribution >= 0.6 is 11.6 Å². The molecule has 0 saturated heterocycles. The van der Waals surface area contributed by atoms with E-state index in [0.717, 1.165) is 0 Å². The van der Waals surface area contributed by atoms with Crippen molar-refractivity contribution in [1.82, 2.24) is 0 Å². The highest BCUT2D eigenvalue weighted by molar-refractivity contribution is 6.33. The predicted molar refractivity (Wildman–Crippen MR) is 63.4 cm³/mol. The van der Waals surface area contributed by atoms with Gasteiger partial charge in [0.2, 0.25) is 5.91 Å². The second-order valence-corrected chi connectivity index (χ2v) is 3.92. The normalized spacial score (nSPS) is 9.94. The fraction of sp³-hybridized carbons (Fsp3) is 0.273. The lowest BCUT2D eigenvalue weighted by Gasteiger charge is -2.07. The van der Waals surface area contributed by atoms with Crippen molar-refractivity contribution >= 4 is 34.9 Å². The maximum atomic E-state index is 11.4. The van der Waals surface area contributed by atoms with Crippen molar-refractivity contribution in [1.29, 1.82) is 0 Å². The number of carbonyl (C=O) groups is 2. The molecule has 92 valence electrons. The van der Waals surface area contributed by atoms with E-state index in [0.29, 0.717) is 16.4 Å². The van der Waals surface area contributed by atoms with Gasteiger partial charge in [0.15, 0.2) is 0 Å². The molecule has 0 aliphatic rings. The molecule has 17 heavy (non-hydrogen) atoms. The van der Waals surface area contributed by atoms with Gasteiger partial charge in [0.1, 0.15) is 0 Å². The number of carboxylic acid groups (broad SMARTS) is 1. The molecular formula is C11H12ClN2O3-. The first-order valence-corrected chi connectivity index (χ1v) is 5.41. The first-order valence-electron chi connectivity index (χ1n) is 5.04. The highest BCUT2D eigenvalue weighted by Crippen LogP contribution is 2.22. The van der Waals surface area contributed by atoms with Gasteiger partial charge in [-0.25, -0.2) is 0 Å². The molecule has 0 aromatic heterocycles. The van der Waals surface area contributed by atoms with Crippen molar-refractivity contribution in [3.63, 3.8) is 0 Å². The van der Waals surface area contributed by atoms with E-state index in [9.17, 15) is 14.7 Å². The Bertz CT molecular complexity index is 435. The Morgan fingerprint density at radius 2 is 2.06 bits per heavy atom. The minimum atomic E-state index is -1.16. The van der Waals surface area contributed by atoms with E-state index in [2.05, 4.69) is 5.32 Å². The minimum Gasteiger partial charge on any atom is -0.550 e. The van der Waals surface area contributed by atoms with Gasteiger partial charge in [-0.15, -0.1) is 0 Å². The lowest BCUT2D eigenvalue weighted by Crippen LogP contribution is -2.22. The minimum absolute atomic E-state index is 0.121. The number of nitrogens with one attached hydrogen (secondary N) is 1. The molecule has 0 aliphatic heterocycles. The van der Waals surface area contributed by atoms with Gasteiger partial charge in [-0.1, -0.05) is 11.6 Å². The third-order valence-electron chi connectivity index (χ3n) is 2.07. The van der Waals surface area contributed by atoms with E-state index in [1.54, 1.807) is 12.1 Å². The van der Waals surface area contributed by atoms with Crippen molar-refractivity contribution in [2.45, 2.75) is 19.3 Å². The van der Waals surface area contributed by atoms with Crippen LogP contribution < -0.4 is 16.2 Å². The van der Waals surface area contributed by atoms with Crippen molar-refractivity contribution in [3.05, 3.63) is 23.2 Å². The molecule has 0 saturated carbocycles. The summed E-state index contributed by atoms with van der Waals surface area (Å²) in [4.78, 5) is 21.5. The molecule has 1 amide bonds. The molecule has 0 spiro atoms. The molecule has 1 aromatic carbocycles. The number of hydrogen-bond acceptors (Lipinski definition) is 4. The molecule has 6 heteroatoms. The van der Waals surface area contributed by atoms with E-state index in [1.165, 1.54) is 6.07 Å². The lowest BCUT2D eigenvalue weighted by atomic mass is 10.2. The van der Waals surface area contributed by atoms with Crippen LogP contribution in [0.5, 0.6) is 0 Å². The Balaban J connectivity index is 2.45. The van der Waals surface area contributed by atoms with Crippen molar-refractivity contribution < 1.29 is 14.7 Å². The van der Waals surface area contributed by atoms with E-state index >= 15 is 0 Å². The second-order valence-electron chi connectivity index (χ2n) is 3.51. The zero-order valence-corrected chi connectivity index (χ0v) is 9.79. The molecule has 3 N–H and O–H groups in total. The number of aliphatic carboxylic acids is 1. The Labute approximate surface area is 104 Å². The quantitative estimate of drug-likeness (QED) is 0.760. The fourth-order valence-corrected chi connectivity index (χ4v) is 1.40. The molecule has 5 nitrogen and oxygen atoms in total. The summed E-state index contributed by atoms with van der Waals surface area (Å²) in [6, 6.07) is 4.74. The molecular weight excluding hydrogens is 244 g/mol. The lowest BCUT2D eigenvalue weighted by molar-refractivity contribution is -0.305. The van der Waals surface area contributed by atoms with E-state index < -0.39 is 5.97 Å². The fourth-order valence-electron chi connectivity index (χ4n) is 1.22. The standard InChI is InChI=1S/C11H13ClN2O3/c12-8-6-7(4-5-9(8)13)14-10(15)2-1-3-11(16)17/h4-6H,1-3,13H2,(H,14,15)(H,16,17)/p-1. The number of carboxylic acids is 1. The Morgan fingerprint density at radius 1 is 1.35 bits per heavy atom. The first kappa shape index (κ1) is 13.3. The van der Waals surface area contributed by atoms with Gasteiger partial charge in [-0.3, -0.25) is 4.79 Å². The van der Waals surface area contributed by atoms with E-state index in [4.69, 9.17) is 17.3 Å². The van der Waals surface area contributed by atoms with Crippen LogP contribution in [0.4, 0.5) is 11.4 Å². The summed E-state index contributed by atoms with van der Waals surface area (Å²) in [6.45, 7) is 0. The number of halogens is 1. The van der Waals surface area contributed by atoms with Crippen LogP contribution in [0.3, 0.4) is 0 Å². The monoisotopic (exact) mass is 255 g/mol. The smallest absolute Gasteiger partial charge is 0.224 e. The van der Waals surface area contributed by atoms with Crippen LogP contribution in [0.15, 0.2) is 18.2 Å². The molecule has 0 unspecified atom stereocenters. The van der Waals surface area contributed by atoms with Gasteiger partial charge >= 0.3 is 0 Å². The number of nitrogens with two attached hydrogens (primary N) is 1. The number of nitrogen functional groups attached to an aromatic ring is 1. The number of carbonyl (C=O) groups excluding carboxylic acids is 2. The van der Waals surface area contributed by atoms with Gasteiger partial charge in [-0.05, 0) is 31.0 Å². The number of hydrogen-bond donors (Lipinski definition) is 2. The van der Waals surface area contributed by atoms with Crippen LogP contribution in [0.2, 0.25) is 5.02 Å². The first-order chi connectivity index (χ1) is 7.99. The van der Waals surface area contributed by atoms with Gasteiger partial charge < -0.3 is 21.0 Å². The summed E-state index contributed by atoms with van der Waals surface area (Å²) in [5.41, 5.74) is 6.48. The SMILES string of the molecule is Nc1ccc(NC(=O)CCCC(=O)[O-])cc1Cl. The molecule has 1 aromatic rings. The molecule has 0 heterocycles. The number of benzene rings is 1. The number of amides is 1. The largest absolute Gasteiger partial charge is 0.550 e. The average Bonchev–Trinajstić information content (AvgIpc) is 2.23. The Kier molecular flexibility index (Phi) is 4.78. The maximum absolute atomic E-state index is 11.4. The summed E-state index contributed by atoms with van der Waals surface area (Å²) >= 11 is 5.78. The molecule has 0 fully saturated rings. The summed E-state index contributed by atoms with van der Waals surface area (Å²) in [6.07, 6.45) is 0.239. The molecule has 1 rings (SSSR count). The van der Waals surface area contributed by atoms with Crippen LogP contribution in [-0.2, 0) is 9.59 Å². The summed E-state index contributed by atoms with van der Waals surface area (Å²) in [5, 5.41) is 13.1. The van der Waals surface area contributed by atoms with Crippen LogP contribution in [0, 0.1) is 0 Å². The van der Waals surface area contributed by atoms with Gasteiger partial charge in [-0.2, -0.15) is 0 Å². The highest BCUT2D eigenvalue weighted by Gasteiger charge is 2.04. The number of rotatable bonds is 5. The predicted octanol–water partition coefficient (Wildman–Crippen LogP) is 0.781. The van der Waals surface area contributed by atoms with Crippen molar-refractivity contribution in [2.75, 3.05) is 11.1 Å². The molecule has 0 radical (unpaired) electrons. The second kappa shape index (κ2) is 6.10. The average molecular weight is 256 g/mol.